The topological polar surface area (TPSA) is 3.24 Å². The molecule has 3 aromatic carbocycles. The molecule has 1 heterocycles. The van der Waals surface area contributed by atoms with Crippen LogP contribution in [-0.4, -0.2) is 0 Å². The third kappa shape index (κ3) is 2.11. The summed E-state index contributed by atoms with van der Waals surface area (Å²) in [4.78, 5) is 5.02. The average molecular weight is 303 g/mol. The van der Waals surface area contributed by atoms with E-state index in [2.05, 4.69) is 85.5 Å². The molecule has 2 heteroatoms. The van der Waals surface area contributed by atoms with Gasteiger partial charge in [-0.3, -0.25) is 0 Å². The second kappa shape index (κ2) is 5.22. The minimum absolute atomic E-state index is 1.25. The summed E-state index contributed by atoms with van der Waals surface area (Å²) < 4.78 is 0. The lowest BCUT2D eigenvalue weighted by Crippen LogP contribution is -2.15. The van der Waals surface area contributed by atoms with Crippen LogP contribution in [0.15, 0.2) is 76.5 Å². The molecule has 1 aliphatic heterocycles. The van der Waals surface area contributed by atoms with Crippen LogP contribution in [0.5, 0.6) is 0 Å². The van der Waals surface area contributed by atoms with E-state index in [4.69, 9.17) is 0 Å². The monoisotopic (exact) mass is 303 g/mol. The summed E-state index contributed by atoms with van der Waals surface area (Å²) in [6.45, 7) is 4.33. The number of anilines is 3. The molecule has 0 aromatic heterocycles. The van der Waals surface area contributed by atoms with Gasteiger partial charge in [0.1, 0.15) is 0 Å². The smallest absolute Gasteiger partial charge is 0.0601 e. The van der Waals surface area contributed by atoms with Gasteiger partial charge in [-0.1, -0.05) is 48.2 Å². The Morgan fingerprint density at radius 1 is 0.682 bits per heavy atom. The number of benzene rings is 3. The summed E-state index contributed by atoms with van der Waals surface area (Å²) in [5, 5.41) is 0. The Labute approximate surface area is 135 Å². The highest BCUT2D eigenvalue weighted by Gasteiger charge is 2.25. The van der Waals surface area contributed by atoms with Gasteiger partial charge >= 0.3 is 0 Å². The minimum Gasteiger partial charge on any atom is -0.308 e. The summed E-state index contributed by atoms with van der Waals surface area (Å²) in [6, 6.07) is 23.9. The largest absolute Gasteiger partial charge is 0.308 e. The summed E-state index contributed by atoms with van der Waals surface area (Å²) in [5.74, 6) is 0. The van der Waals surface area contributed by atoms with E-state index in [9.17, 15) is 0 Å². The van der Waals surface area contributed by atoms with Crippen molar-refractivity contribution >= 4 is 28.8 Å². The standard InChI is InChI=1S/C20H17NS/c1-14-11-12-18-20(13-14)22-19-10-6-5-9-17(19)21(18)16-8-4-3-7-15(16)2/h3-13H,1-2H3. The van der Waals surface area contributed by atoms with Crippen LogP contribution in [-0.2, 0) is 0 Å². The van der Waals surface area contributed by atoms with Gasteiger partial charge in [-0.05, 0) is 55.3 Å². The first-order chi connectivity index (χ1) is 10.7. The molecule has 0 fully saturated rings. The zero-order valence-electron chi connectivity index (χ0n) is 12.7. The summed E-state index contributed by atoms with van der Waals surface area (Å²) >= 11 is 1.86. The predicted molar refractivity (Wildman–Crippen MR) is 94.7 cm³/mol. The fourth-order valence-electron chi connectivity index (χ4n) is 2.94. The number of aryl methyl sites for hydroxylation is 2. The normalized spacial score (nSPS) is 12.7. The van der Waals surface area contributed by atoms with Crippen molar-refractivity contribution in [2.45, 2.75) is 23.6 Å². The molecule has 4 rings (SSSR count). The van der Waals surface area contributed by atoms with Crippen LogP contribution in [0.3, 0.4) is 0 Å². The maximum Gasteiger partial charge on any atom is 0.0601 e. The Balaban J connectivity index is 2.00. The Kier molecular flexibility index (Phi) is 3.20. The van der Waals surface area contributed by atoms with Crippen LogP contribution in [0.1, 0.15) is 11.1 Å². The number of fused-ring (bicyclic) bond motifs is 2. The highest BCUT2D eigenvalue weighted by atomic mass is 32.2. The molecule has 0 saturated heterocycles. The molecule has 0 aliphatic carbocycles. The molecule has 0 saturated carbocycles. The maximum atomic E-state index is 2.38. The highest BCUT2D eigenvalue weighted by Crippen LogP contribution is 2.51. The molecular weight excluding hydrogens is 286 g/mol. The number of hydrogen-bond acceptors (Lipinski definition) is 2. The van der Waals surface area contributed by atoms with E-state index < -0.39 is 0 Å². The molecule has 3 aromatic rings. The lowest BCUT2D eigenvalue weighted by Gasteiger charge is -2.34. The minimum atomic E-state index is 1.25. The van der Waals surface area contributed by atoms with E-state index in [0.29, 0.717) is 0 Å². The van der Waals surface area contributed by atoms with Gasteiger partial charge in [0.05, 0.1) is 11.4 Å². The quantitative estimate of drug-likeness (QED) is 0.409. The molecule has 1 nitrogen and oxygen atoms in total. The lowest BCUT2D eigenvalue weighted by atomic mass is 10.1. The van der Waals surface area contributed by atoms with Gasteiger partial charge in [0.25, 0.3) is 0 Å². The van der Waals surface area contributed by atoms with Crippen molar-refractivity contribution in [2.24, 2.45) is 0 Å². The molecule has 0 atom stereocenters. The third-order valence-electron chi connectivity index (χ3n) is 4.04. The van der Waals surface area contributed by atoms with E-state index in [1.165, 1.54) is 38.0 Å². The predicted octanol–water partition coefficient (Wildman–Crippen LogP) is 6.24. The second-order valence-electron chi connectivity index (χ2n) is 5.66. The summed E-state index contributed by atoms with van der Waals surface area (Å²) in [6.07, 6.45) is 0. The van der Waals surface area contributed by atoms with Gasteiger partial charge in [0.15, 0.2) is 0 Å². The number of para-hydroxylation sites is 2. The number of rotatable bonds is 1. The molecule has 22 heavy (non-hydrogen) atoms. The number of hydrogen-bond donors (Lipinski definition) is 0. The van der Waals surface area contributed by atoms with Gasteiger partial charge in [0.2, 0.25) is 0 Å². The SMILES string of the molecule is Cc1ccc2c(c1)Sc1ccccc1N2c1ccccc1C. The maximum absolute atomic E-state index is 2.38. The van der Waals surface area contributed by atoms with Crippen molar-refractivity contribution < 1.29 is 0 Å². The van der Waals surface area contributed by atoms with Crippen LogP contribution in [0.2, 0.25) is 0 Å². The van der Waals surface area contributed by atoms with Gasteiger partial charge < -0.3 is 4.90 Å². The zero-order chi connectivity index (χ0) is 15.1. The molecule has 108 valence electrons. The second-order valence-corrected chi connectivity index (χ2v) is 6.75. The van der Waals surface area contributed by atoms with Crippen molar-refractivity contribution in [2.75, 3.05) is 4.90 Å². The molecular formula is C20H17NS. The van der Waals surface area contributed by atoms with Gasteiger partial charge in [-0.25, -0.2) is 0 Å². The molecule has 0 unspecified atom stereocenters. The summed E-state index contributed by atoms with van der Waals surface area (Å²) in [5.41, 5.74) is 6.37. The Morgan fingerprint density at radius 2 is 1.36 bits per heavy atom. The van der Waals surface area contributed by atoms with Crippen LogP contribution < -0.4 is 4.90 Å². The summed E-state index contributed by atoms with van der Waals surface area (Å²) in [7, 11) is 0. The van der Waals surface area contributed by atoms with Gasteiger partial charge in [0, 0.05) is 15.5 Å². The van der Waals surface area contributed by atoms with Crippen LogP contribution in [0.25, 0.3) is 0 Å². The van der Waals surface area contributed by atoms with Crippen LogP contribution >= 0.6 is 11.8 Å². The highest BCUT2D eigenvalue weighted by molar-refractivity contribution is 7.99. The van der Waals surface area contributed by atoms with Crippen LogP contribution in [0.4, 0.5) is 17.1 Å². The van der Waals surface area contributed by atoms with Crippen molar-refractivity contribution in [1.82, 2.24) is 0 Å². The molecule has 0 radical (unpaired) electrons. The van der Waals surface area contributed by atoms with E-state index in [-0.39, 0.29) is 0 Å². The van der Waals surface area contributed by atoms with Crippen molar-refractivity contribution in [1.29, 1.82) is 0 Å². The number of nitrogens with zero attached hydrogens (tertiary/aromatic N) is 1. The van der Waals surface area contributed by atoms with Gasteiger partial charge in [-0.15, -0.1) is 0 Å². The molecule has 1 aliphatic rings. The lowest BCUT2D eigenvalue weighted by molar-refractivity contribution is 1.14. The van der Waals surface area contributed by atoms with Crippen LogP contribution in [0, 0.1) is 13.8 Å². The Bertz CT molecular complexity index is 843. The fraction of sp³-hybridized carbons (Fsp3) is 0.100. The first kappa shape index (κ1) is 13.5. The van der Waals surface area contributed by atoms with E-state index in [0.717, 1.165) is 0 Å². The molecule has 0 spiro atoms. The van der Waals surface area contributed by atoms with Crippen molar-refractivity contribution in [3.63, 3.8) is 0 Å². The van der Waals surface area contributed by atoms with E-state index >= 15 is 0 Å². The zero-order valence-corrected chi connectivity index (χ0v) is 13.5. The molecule has 0 amide bonds. The first-order valence-corrected chi connectivity index (χ1v) is 8.29. The third-order valence-corrected chi connectivity index (χ3v) is 5.15. The van der Waals surface area contributed by atoms with E-state index in [1.807, 2.05) is 11.8 Å². The molecule has 0 bridgehead atoms. The Morgan fingerprint density at radius 3 is 2.18 bits per heavy atom. The van der Waals surface area contributed by atoms with Crippen molar-refractivity contribution in [3.8, 4) is 0 Å². The average Bonchev–Trinajstić information content (AvgIpc) is 2.53. The Hall–Kier alpha value is -2.19. The fourth-order valence-corrected chi connectivity index (χ4v) is 4.09. The molecule has 0 N–H and O–H groups in total. The first-order valence-electron chi connectivity index (χ1n) is 7.47. The van der Waals surface area contributed by atoms with Crippen molar-refractivity contribution in [3.05, 3.63) is 77.9 Å². The van der Waals surface area contributed by atoms with Gasteiger partial charge in [-0.2, -0.15) is 0 Å². The van der Waals surface area contributed by atoms with E-state index in [1.54, 1.807) is 0 Å².